The normalized spacial score (nSPS) is 10.2. The summed E-state index contributed by atoms with van der Waals surface area (Å²) in [5, 5.41) is 8.41. The molecule has 0 amide bonds. The fraction of sp³-hybridized carbons (Fsp3) is 0. The van der Waals surface area contributed by atoms with Gasteiger partial charge in [-0.3, -0.25) is 0 Å². The lowest BCUT2D eigenvalue weighted by atomic mass is 10.2. The first-order chi connectivity index (χ1) is 5.72. The van der Waals surface area contributed by atoms with Crippen molar-refractivity contribution in [3.63, 3.8) is 0 Å². The molecule has 0 aliphatic carbocycles. The van der Waals surface area contributed by atoms with Crippen molar-refractivity contribution in [1.29, 1.82) is 5.26 Å². The minimum absolute atomic E-state index is 0.276. The highest BCUT2D eigenvalue weighted by Gasteiger charge is 2.13. The van der Waals surface area contributed by atoms with E-state index >= 15 is 0 Å². The second-order valence-electron chi connectivity index (χ2n) is 1.97. The summed E-state index contributed by atoms with van der Waals surface area (Å²) in [6.07, 6.45) is 0. The number of rotatable bonds is 2. The van der Waals surface area contributed by atoms with Crippen LogP contribution in [-0.2, 0) is 4.57 Å². The van der Waals surface area contributed by atoms with Gasteiger partial charge in [-0.25, -0.2) is 4.52 Å². The summed E-state index contributed by atoms with van der Waals surface area (Å²) in [4.78, 5) is 8.35. The van der Waals surface area contributed by atoms with Gasteiger partial charge >= 0.3 is 8.25 Å². The quantitative estimate of drug-likeness (QED) is 0.705. The molecule has 1 aromatic rings. The zero-order valence-electron chi connectivity index (χ0n) is 5.97. The molecule has 0 aliphatic rings. The van der Waals surface area contributed by atoms with E-state index in [-0.39, 0.29) is 5.75 Å². The maximum Gasteiger partial charge on any atom is 0.747 e. The lowest BCUT2D eigenvalue weighted by Crippen LogP contribution is -1.80. The summed E-state index contributed by atoms with van der Waals surface area (Å²) in [5.41, 5.74) is 0.482. The number of hydrogen-bond donors (Lipinski definition) is 1. The summed E-state index contributed by atoms with van der Waals surface area (Å²) < 4.78 is 14.7. The molecule has 0 saturated heterocycles. The Labute approximate surface area is 70.0 Å². The first-order valence-corrected chi connectivity index (χ1v) is 4.19. The first kappa shape index (κ1) is 8.66. The van der Waals surface area contributed by atoms with Crippen LogP contribution in [0.25, 0.3) is 0 Å². The van der Waals surface area contributed by atoms with Gasteiger partial charge in [-0.05, 0) is 24.3 Å². The van der Waals surface area contributed by atoms with E-state index < -0.39 is 8.25 Å². The van der Waals surface area contributed by atoms with E-state index in [0.29, 0.717) is 5.56 Å². The minimum Gasteiger partial charge on any atom is -0.229 e. The van der Waals surface area contributed by atoms with Crippen LogP contribution in [0.15, 0.2) is 24.3 Å². The van der Waals surface area contributed by atoms with Gasteiger partial charge in [0.15, 0.2) is 5.75 Å². The third kappa shape index (κ3) is 2.31. The SMILES string of the molecule is N#Cc1ccc(O[P+](=O)O)cc1. The fourth-order valence-corrected chi connectivity index (χ4v) is 0.983. The summed E-state index contributed by atoms with van der Waals surface area (Å²) in [7, 11) is -2.62. The molecular weight excluding hydrogens is 177 g/mol. The van der Waals surface area contributed by atoms with Gasteiger partial charge in [-0.1, -0.05) is 0 Å². The molecule has 0 aliphatic heterocycles. The lowest BCUT2D eigenvalue weighted by Gasteiger charge is -1.89. The van der Waals surface area contributed by atoms with Crippen LogP contribution in [0.3, 0.4) is 0 Å². The fourth-order valence-electron chi connectivity index (χ4n) is 0.681. The molecule has 1 N–H and O–H groups in total. The molecule has 0 radical (unpaired) electrons. The van der Waals surface area contributed by atoms with Crippen molar-refractivity contribution in [1.82, 2.24) is 0 Å². The van der Waals surface area contributed by atoms with Crippen LogP contribution >= 0.6 is 8.25 Å². The lowest BCUT2D eigenvalue weighted by molar-refractivity contribution is 0.410. The molecule has 5 heteroatoms. The summed E-state index contributed by atoms with van der Waals surface area (Å²) in [6.45, 7) is 0. The molecule has 0 heterocycles. The molecule has 1 unspecified atom stereocenters. The van der Waals surface area contributed by atoms with Gasteiger partial charge in [0, 0.05) is 4.57 Å². The van der Waals surface area contributed by atoms with Gasteiger partial charge in [0.1, 0.15) is 0 Å². The van der Waals surface area contributed by atoms with Gasteiger partial charge in [-0.15, -0.1) is 4.89 Å². The average Bonchev–Trinajstić information content (AvgIpc) is 2.05. The second-order valence-corrected chi connectivity index (χ2v) is 2.62. The van der Waals surface area contributed by atoms with Gasteiger partial charge in [0.2, 0.25) is 0 Å². The van der Waals surface area contributed by atoms with E-state index in [1.165, 1.54) is 24.3 Å². The molecule has 1 atom stereocenters. The van der Waals surface area contributed by atoms with Crippen LogP contribution in [0.1, 0.15) is 5.56 Å². The van der Waals surface area contributed by atoms with Crippen molar-refractivity contribution < 1.29 is 14.0 Å². The van der Waals surface area contributed by atoms with Crippen molar-refractivity contribution in [3.05, 3.63) is 29.8 Å². The van der Waals surface area contributed by atoms with Crippen molar-refractivity contribution in [3.8, 4) is 11.8 Å². The molecule has 0 bridgehead atoms. The van der Waals surface area contributed by atoms with Crippen LogP contribution < -0.4 is 4.52 Å². The highest BCUT2D eigenvalue weighted by atomic mass is 31.1. The Hall–Kier alpha value is -1.43. The molecule has 0 aromatic heterocycles. The van der Waals surface area contributed by atoms with Crippen LogP contribution in [0, 0.1) is 11.3 Å². The van der Waals surface area contributed by atoms with E-state index in [4.69, 9.17) is 10.2 Å². The third-order valence-electron chi connectivity index (χ3n) is 1.17. The molecule has 60 valence electrons. The van der Waals surface area contributed by atoms with Crippen molar-refractivity contribution in [2.75, 3.05) is 0 Å². The van der Waals surface area contributed by atoms with Crippen LogP contribution in [0.5, 0.6) is 5.75 Å². The Balaban J connectivity index is 2.80. The summed E-state index contributed by atoms with van der Waals surface area (Å²) in [5.74, 6) is 0.276. The minimum atomic E-state index is -2.62. The predicted molar refractivity (Wildman–Crippen MR) is 41.6 cm³/mol. The van der Waals surface area contributed by atoms with E-state index in [9.17, 15) is 4.57 Å². The van der Waals surface area contributed by atoms with E-state index in [1.54, 1.807) is 0 Å². The molecule has 4 nitrogen and oxygen atoms in total. The smallest absolute Gasteiger partial charge is 0.229 e. The van der Waals surface area contributed by atoms with Crippen LogP contribution in [0.2, 0.25) is 0 Å². The molecule has 0 spiro atoms. The van der Waals surface area contributed by atoms with Gasteiger partial charge in [0.05, 0.1) is 11.6 Å². The highest BCUT2D eigenvalue weighted by molar-refractivity contribution is 7.32. The summed E-state index contributed by atoms with van der Waals surface area (Å²) in [6, 6.07) is 7.85. The van der Waals surface area contributed by atoms with Crippen molar-refractivity contribution >= 4 is 8.25 Å². The monoisotopic (exact) mass is 182 g/mol. The Bertz CT molecular complexity index is 327. The molecule has 1 rings (SSSR count). The Morgan fingerprint density at radius 2 is 2.00 bits per heavy atom. The van der Waals surface area contributed by atoms with E-state index in [1.807, 2.05) is 6.07 Å². The predicted octanol–water partition coefficient (Wildman–Crippen LogP) is 1.59. The largest absolute Gasteiger partial charge is 0.747 e. The first-order valence-electron chi connectivity index (χ1n) is 3.06. The Kier molecular flexibility index (Phi) is 2.76. The second kappa shape index (κ2) is 3.82. The highest BCUT2D eigenvalue weighted by Crippen LogP contribution is 2.22. The van der Waals surface area contributed by atoms with Crippen LogP contribution in [0.4, 0.5) is 0 Å². The standard InChI is InChI=1S/C7H4NO3P/c8-5-6-1-3-7(4-2-6)11-12(9)10/h1-4H/p+1. The van der Waals surface area contributed by atoms with Crippen LogP contribution in [-0.4, -0.2) is 4.89 Å². The average molecular weight is 182 g/mol. The maximum absolute atomic E-state index is 10.2. The zero-order chi connectivity index (χ0) is 8.97. The topological polar surface area (TPSA) is 70.3 Å². The number of nitriles is 1. The van der Waals surface area contributed by atoms with Crippen molar-refractivity contribution in [2.24, 2.45) is 0 Å². The Morgan fingerprint density at radius 3 is 2.42 bits per heavy atom. The van der Waals surface area contributed by atoms with Crippen molar-refractivity contribution in [2.45, 2.75) is 0 Å². The number of nitrogens with zero attached hydrogens (tertiary/aromatic N) is 1. The molecule has 1 aromatic carbocycles. The maximum atomic E-state index is 10.2. The molecule has 12 heavy (non-hydrogen) atoms. The van der Waals surface area contributed by atoms with Gasteiger partial charge < -0.3 is 0 Å². The molecular formula is C7H5NO3P+. The molecule has 0 saturated carbocycles. The third-order valence-corrected chi connectivity index (χ3v) is 1.53. The molecule has 0 fully saturated rings. The number of hydrogen-bond acceptors (Lipinski definition) is 3. The van der Waals surface area contributed by atoms with E-state index in [0.717, 1.165) is 0 Å². The zero-order valence-corrected chi connectivity index (χ0v) is 6.86. The van der Waals surface area contributed by atoms with Gasteiger partial charge in [0.25, 0.3) is 0 Å². The Morgan fingerprint density at radius 1 is 1.42 bits per heavy atom. The van der Waals surface area contributed by atoms with Gasteiger partial charge in [-0.2, -0.15) is 5.26 Å². The number of benzene rings is 1. The summed E-state index contributed by atoms with van der Waals surface area (Å²) >= 11 is 0. The van der Waals surface area contributed by atoms with E-state index in [2.05, 4.69) is 4.52 Å².